The van der Waals surface area contributed by atoms with Gasteiger partial charge in [0, 0.05) is 37.6 Å². The van der Waals surface area contributed by atoms with E-state index in [2.05, 4.69) is 0 Å². The van der Waals surface area contributed by atoms with Crippen LogP contribution in [0.4, 0.5) is 0 Å². The predicted molar refractivity (Wildman–Crippen MR) is 121 cm³/mol. The van der Waals surface area contributed by atoms with Gasteiger partial charge >= 0.3 is 0 Å². The van der Waals surface area contributed by atoms with Gasteiger partial charge in [0.15, 0.2) is 0 Å². The van der Waals surface area contributed by atoms with Gasteiger partial charge in [0.1, 0.15) is 11.5 Å². The zero-order chi connectivity index (χ0) is 22.2. The SMILES string of the molecule is COc1ccc(Cl)cc1C(=O)N1CCCN(C(=O)CCCOc2ccccc2C)CC1. The molecule has 1 fully saturated rings. The molecule has 0 aromatic heterocycles. The molecule has 1 saturated heterocycles. The van der Waals surface area contributed by atoms with Crippen molar-refractivity contribution in [2.75, 3.05) is 39.9 Å². The molecular weight excluding hydrogens is 416 g/mol. The summed E-state index contributed by atoms with van der Waals surface area (Å²) >= 11 is 6.07. The molecule has 2 aromatic carbocycles. The van der Waals surface area contributed by atoms with E-state index < -0.39 is 0 Å². The number of carbonyl (C=O) groups excluding carboxylic acids is 2. The first-order valence-corrected chi connectivity index (χ1v) is 11.0. The number of nitrogens with zero attached hydrogens (tertiary/aromatic N) is 2. The highest BCUT2D eigenvalue weighted by Crippen LogP contribution is 2.24. The summed E-state index contributed by atoms with van der Waals surface area (Å²) < 4.78 is 11.1. The van der Waals surface area contributed by atoms with Gasteiger partial charge in [0.2, 0.25) is 5.91 Å². The molecule has 0 aliphatic carbocycles. The number of aryl methyl sites for hydroxylation is 1. The Hall–Kier alpha value is -2.73. The lowest BCUT2D eigenvalue weighted by Crippen LogP contribution is -2.37. The zero-order valence-electron chi connectivity index (χ0n) is 18.1. The van der Waals surface area contributed by atoms with Gasteiger partial charge < -0.3 is 19.3 Å². The number of benzene rings is 2. The lowest BCUT2D eigenvalue weighted by atomic mass is 10.1. The summed E-state index contributed by atoms with van der Waals surface area (Å²) in [7, 11) is 1.53. The minimum atomic E-state index is -0.125. The normalized spacial score (nSPS) is 14.2. The summed E-state index contributed by atoms with van der Waals surface area (Å²) in [4.78, 5) is 29.3. The third-order valence-corrected chi connectivity index (χ3v) is 5.65. The molecule has 2 amide bonds. The first-order chi connectivity index (χ1) is 15.0. The average Bonchev–Trinajstić information content (AvgIpc) is 3.03. The standard InChI is InChI=1S/C24H29ClN2O4/c1-18-7-3-4-8-21(18)31-16-5-9-23(28)26-12-6-13-27(15-14-26)24(29)20-17-19(25)10-11-22(20)30-2/h3-4,7-8,10-11,17H,5-6,9,12-16H2,1-2H3. The highest BCUT2D eigenvalue weighted by molar-refractivity contribution is 6.31. The summed E-state index contributed by atoms with van der Waals surface area (Å²) in [6, 6.07) is 12.9. The van der Waals surface area contributed by atoms with E-state index in [0.717, 1.165) is 17.7 Å². The predicted octanol–water partition coefficient (Wildman–Crippen LogP) is 4.19. The Morgan fingerprint density at radius 3 is 2.52 bits per heavy atom. The molecule has 0 radical (unpaired) electrons. The number of carbonyl (C=O) groups is 2. The fraction of sp³-hybridized carbons (Fsp3) is 0.417. The van der Waals surface area contributed by atoms with E-state index in [1.807, 2.05) is 36.1 Å². The van der Waals surface area contributed by atoms with Gasteiger partial charge in [0.05, 0.1) is 19.3 Å². The Morgan fingerprint density at radius 2 is 1.74 bits per heavy atom. The third-order valence-electron chi connectivity index (χ3n) is 5.41. The molecule has 0 atom stereocenters. The maximum atomic E-state index is 13.0. The third kappa shape index (κ3) is 6.14. The van der Waals surface area contributed by atoms with Gasteiger partial charge in [-0.25, -0.2) is 0 Å². The maximum Gasteiger partial charge on any atom is 0.257 e. The summed E-state index contributed by atoms with van der Waals surface area (Å²) in [6.45, 7) is 4.75. The van der Waals surface area contributed by atoms with Crippen LogP contribution in [-0.4, -0.2) is 61.5 Å². The Kier molecular flexibility index (Phi) is 8.18. The smallest absolute Gasteiger partial charge is 0.257 e. The largest absolute Gasteiger partial charge is 0.496 e. The second-order valence-electron chi connectivity index (χ2n) is 7.59. The summed E-state index contributed by atoms with van der Waals surface area (Å²) in [5, 5.41) is 0.490. The second-order valence-corrected chi connectivity index (χ2v) is 8.03. The fourth-order valence-electron chi connectivity index (χ4n) is 3.67. The molecule has 1 aliphatic heterocycles. The number of halogens is 1. The molecule has 0 saturated carbocycles. The van der Waals surface area contributed by atoms with Gasteiger partial charge in [-0.3, -0.25) is 9.59 Å². The van der Waals surface area contributed by atoms with Crippen LogP contribution in [-0.2, 0) is 4.79 Å². The van der Waals surface area contributed by atoms with Crippen LogP contribution in [0.3, 0.4) is 0 Å². The van der Waals surface area contributed by atoms with Crippen molar-refractivity contribution in [2.24, 2.45) is 0 Å². The van der Waals surface area contributed by atoms with Crippen molar-refractivity contribution >= 4 is 23.4 Å². The number of para-hydroxylation sites is 1. The van der Waals surface area contributed by atoms with Crippen LogP contribution in [0.25, 0.3) is 0 Å². The molecule has 2 aromatic rings. The molecular formula is C24H29ClN2O4. The monoisotopic (exact) mass is 444 g/mol. The first-order valence-electron chi connectivity index (χ1n) is 10.6. The van der Waals surface area contributed by atoms with Crippen LogP contribution in [0.5, 0.6) is 11.5 Å². The van der Waals surface area contributed by atoms with Crippen LogP contribution in [0.15, 0.2) is 42.5 Å². The Morgan fingerprint density at radius 1 is 1.00 bits per heavy atom. The zero-order valence-corrected chi connectivity index (χ0v) is 18.9. The van der Waals surface area contributed by atoms with E-state index in [1.54, 1.807) is 23.1 Å². The topological polar surface area (TPSA) is 59.1 Å². The molecule has 166 valence electrons. The van der Waals surface area contributed by atoms with Gasteiger partial charge in [-0.15, -0.1) is 0 Å². The number of hydrogen-bond acceptors (Lipinski definition) is 4. The molecule has 0 unspecified atom stereocenters. The van der Waals surface area contributed by atoms with E-state index in [9.17, 15) is 9.59 Å². The van der Waals surface area contributed by atoms with Crippen molar-refractivity contribution in [1.29, 1.82) is 0 Å². The lowest BCUT2D eigenvalue weighted by Gasteiger charge is -2.23. The fourth-order valence-corrected chi connectivity index (χ4v) is 3.84. The summed E-state index contributed by atoms with van der Waals surface area (Å²) in [5.74, 6) is 1.33. The summed E-state index contributed by atoms with van der Waals surface area (Å²) in [5.41, 5.74) is 1.53. The lowest BCUT2D eigenvalue weighted by molar-refractivity contribution is -0.131. The van der Waals surface area contributed by atoms with Gasteiger partial charge in [-0.1, -0.05) is 29.8 Å². The van der Waals surface area contributed by atoms with Crippen molar-refractivity contribution in [3.63, 3.8) is 0 Å². The van der Waals surface area contributed by atoms with Crippen molar-refractivity contribution in [3.05, 3.63) is 58.6 Å². The van der Waals surface area contributed by atoms with E-state index in [-0.39, 0.29) is 11.8 Å². The van der Waals surface area contributed by atoms with Crippen LogP contribution in [0.2, 0.25) is 5.02 Å². The minimum Gasteiger partial charge on any atom is -0.496 e. The Bertz CT molecular complexity index is 918. The number of methoxy groups -OCH3 is 1. The van der Waals surface area contributed by atoms with E-state index in [1.165, 1.54) is 7.11 Å². The molecule has 1 heterocycles. The minimum absolute atomic E-state index is 0.100. The molecule has 0 bridgehead atoms. The van der Waals surface area contributed by atoms with Crippen molar-refractivity contribution in [3.8, 4) is 11.5 Å². The van der Waals surface area contributed by atoms with Crippen molar-refractivity contribution in [1.82, 2.24) is 9.80 Å². The average molecular weight is 445 g/mol. The maximum absolute atomic E-state index is 13.0. The van der Waals surface area contributed by atoms with E-state index >= 15 is 0 Å². The van der Waals surface area contributed by atoms with Gasteiger partial charge in [0.25, 0.3) is 5.91 Å². The van der Waals surface area contributed by atoms with E-state index in [0.29, 0.717) is 62.0 Å². The second kappa shape index (κ2) is 11.0. The molecule has 1 aliphatic rings. The van der Waals surface area contributed by atoms with Crippen LogP contribution in [0.1, 0.15) is 35.2 Å². The number of hydrogen-bond donors (Lipinski definition) is 0. The molecule has 0 spiro atoms. The number of amides is 2. The number of ether oxygens (including phenoxy) is 2. The van der Waals surface area contributed by atoms with Crippen LogP contribution in [0, 0.1) is 6.92 Å². The van der Waals surface area contributed by atoms with Gasteiger partial charge in [-0.2, -0.15) is 0 Å². The molecule has 6 nitrogen and oxygen atoms in total. The Balaban J connectivity index is 1.49. The van der Waals surface area contributed by atoms with Crippen LogP contribution >= 0.6 is 11.6 Å². The molecule has 0 N–H and O–H groups in total. The highest BCUT2D eigenvalue weighted by atomic mass is 35.5. The molecule has 7 heteroatoms. The highest BCUT2D eigenvalue weighted by Gasteiger charge is 2.24. The Labute approximate surface area is 188 Å². The van der Waals surface area contributed by atoms with Gasteiger partial charge in [-0.05, 0) is 49.6 Å². The van der Waals surface area contributed by atoms with Crippen molar-refractivity contribution < 1.29 is 19.1 Å². The molecule has 3 rings (SSSR count). The van der Waals surface area contributed by atoms with Crippen LogP contribution < -0.4 is 9.47 Å². The quantitative estimate of drug-likeness (QED) is 0.601. The van der Waals surface area contributed by atoms with E-state index in [4.69, 9.17) is 21.1 Å². The first kappa shape index (κ1) is 22.9. The number of rotatable bonds is 7. The van der Waals surface area contributed by atoms with Crippen molar-refractivity contribution in [2.45, 2.75) is 26.2 Å². The summed E-state index contributed by atoms with van der Waals surface area (Å²) in [6.07, 6.45) is 1.83. The molecule has 31 heavy (non-hydrogen) atoms.